The predicted octanol–water partition coefficient (Wildman–Crippen LogP) is 2.33. The molecular formula is C18H31IN4O2. The van der Waals surface area contributed by atoms with Gasteiger partial charge < -0.3 is 25.0 Å². The molecule has 25 heavy (non-hydrogen) atoms. The van der Waals surface area contributed by atoms with E-state index in [1.807, 2.05) is 18.2 Å². The van der Waals surface area contributed by atoms with Crippen LogP contribution in [0.1, 0.15) is 18.4 Å². The van der Waals surface area contributed by atoms with Gasteiger partial charge in [0.05, 0.1) is 14.2 Å². The minimum Gasteiger partial charge on any atom is -0.497 e. The van der Waals surface area contributed by atoms with Gasteiger partial charge in [0, 0.05) is 38.3 Å². The SMILES string of the molecule is CN=C(NCc1ccc(OC)cc1OC)NCC1CCCN(C)C1.I. The molecule has 1 heterocycles. The van der Waals surface area contributed by atoms with Gasteiger partial charge in [-0.1, -0.05) is 0 Å². The topological polar surface area (TPSA) is 58.1 Å². The third-order valence-corrected chi connectivity index (χ3v) is 4.44. The van der Waals surface area contributed by atoms with Crippen molar-refractivity contribution < 1.29 is 9.47 Å². The zero-order chi connectivity index (χ0) is 17.4. The molecule has 0 bridgehead atoms. The molecule has 1 aromatic rings. The van der Waals surface area contributed by atoms with Crippen LogP contribution in [0.4, 0.5) is 0 Å². The number of halogens is 1. The minimum absolute atomic E-state index is 0. The molecule has 1 unspecified atom stereocenters. The van der Waals surface area contributed by atoms with Crippen LogP contribution in [-0.4, -0.2) is 58.8 Å². The summed E-state index contributed by atoms with van der Waals surface area (Å²) in [4.78, 5) is 6.71. The number of piperidine rings is 1. The van der Waals surface area contributed by atoms with E-state index < -0.39 is 0 Å². The van der Waals surface area contributed by atoms with Gasteiger partial charge in [-0.2, -0.15) is 0 Å². The molecule has 0 aromatic heterocycles. The Morgan fingerprint density at radius 3 is 2.72 bits per heavy atom. The molecule has 2 rings (SSSR count). The fraction of sp³-hybridized carbons (Fsp3) is 0.611. The minimum atomic E-state index is 0. The van der Waals surface area contributed by atoms with Crippen LogP contribution in [0.3, 0.4) is 0 Å². The molecule has 1 saturated heterocycles. The third kappa shape index (κ3) is 6.89. The normalized spacial score (nSPS) is 18.2. The smallest absolute Gasteiger partial charge is 0.191 e. The quantitative estimate of drug-likeness (QED) is 0.386. The van der Waals surface area contributed by atoms with Gasteiger partial charge in [-0.15, -0.1) is 24.0 Å². The van der Waals surface area contributed by atoms with E-state index in [0.29, 0.717) is 12.5 Å². The van der Waals surface area contributed by atoms with Gasteiger partial charge in [0.2, 0.25) is 0 Å². The van der Waals surface area contributed by atoms with Crippen molar-refractivity contribution in [3.8, 4) is 11.5 Å². The standard InChI is InChI=1S/C18H30N4O2.HI/c1-19-18(20-11-14-6-5-9-22(2)13-14)21-12-15-7-8-16(23-3)10-17(15)24-4;/h7-8,10,14H,5-6,9,11-13H2,1-4H3,(H2,19,20,21);1H. The Kier molecular flexibility index (Phi) is 9.96. The number of methoxy groups -OCH3 is 2. The molecule has 0 aliphatic carbocycles. The van der Waals surface area contributed by atoms with Crippen molar-refractivity contribution in [2.45, 2.75) is 19.4 Å². The number of hydrogen-bond acceptors (Lipinski definition) is 4. The average molecular weight is 462 g/mol. The zero-order valence-electron chi connectivity index (χ0n) is 15.7. The number of hydrogen-bond donors (Lipinski definition) is 2. The number of benzene rings is 1. The van der Waals surface area contributed by atoms with E-state index in [-0.39, 0.29) is 24.0 Å². The molecule has 2 N–H and O–H groups in total. The van der Waals surface area contributed by atoms with Crippen molar-refractivity contribution >= 4 is 29.9 Å². The van der Waals surface area contributed by atoms with Crippen LogP contribution >= 0.6 is 24.0 Å². The van der Waals surface area contributed by atoms with Gasteiger partial charge in [-0.3, -0.25) is 4.99 Å². The molecule has 6 nitrogen and oxygen atoms in total. The Balaban J connectivity index is 0.00000312. The summed E-state index contributed by atoms with van der Waals surface area (Å²) in [6.45, 7) is 3.96. The first-order chi connectivity index (χ1) is 11.7. The first kappa shape index (κ1) is 21.8. The Morgan fingerprint density at radius 2 is 2.08 bits per heavy atom. The summed E-state index contributed by atoms with van der Waals surface area (Å²) in [6, 6.07) is 5.84. The lowest BCUT2D eigenvalue weighted by Gasteiger charge is -2.30. The van der Waals surface area contributed by atoms with Gasteiger partial charge in [0.1, 0.15) is 11.5 Å². The lowest BCUT2D eigenvalue weighted by molar-refractivity contribution is 0.210. The molecular weight excluding hydrogens is 431 g/mol. The summed E-state index contributed by atoms with van der Waals surface area (Å²) in [5.74, 6) is 3.10. The molecule has 142 valence electrons. The van der Waals surface area contributed by atoms with Crippen molar-refractivity contribution in [3.05, 3.63) is 23.8 Å². The fourth-order valence-electron chi connectivity index (χ4n) is 3.08. The molecule has 0 saturated carbocycles. The van der Waals surface area contributed by atoms with Crippen LogP contribution in [0.2, 0.25) is 0 Å². The number of likely N-dealkylation sites (tertiary alicyclic amines) is 1. The van der Waals surface area contributed by atoms with Crippen LogP contribution in [0.15, 0.2) is 23.2 Å². The molecule has 1 fully saturated rings. The average Bonchev–Trinajstić information content (AvgIpc) is 2.61. The van der Waals surface area contributed by atoms with Gasteiger partial charge in [-0.05, 0) is 44.5 Å². The van der Waals surface area contributed by atoms with Crippen LogP contribution in [0.25, 0.3) is 0 Å². The Bertz CT molecular complexity index is 554. The second-order valence-corrected chi connectivity index (χ2v) is 6.25. The fourth-order valence-corrected chi connectivity index (χ4v) is 3.08. The van der Waals surface area contributed by atoms with E-state index in [2.05, 4.69) is 27.6 Å². The second kappa shape index (κ2) is 11.4. The Hall–Kier alpha value is -1.22. The first-order valence-electron chi connectivity index (χ1n) is 8.50. The lowest BCUT2D eigenvalue weighted by atomic mass is 9.99. The van der Waals surface area contributed by atoms with Crippen molar-refractivity contribution in [1.29, 1.82) is 0 Å². The Morgan fingerprint density at radius 1 is 1.28 bits per heavy atom. The van der Waals surface area contributed by atoms with Crippen LogP contribution in [-0.2, 0) is 6.54 Å². The highest BCUT2D eigenvalue weighted by atomic mass is 127. The first-order valence-corrected chi connectivity index (χ1v) is 8.50. The maximum Gasteiger partial charge on any atom is 0.191 e. The van der Waals surface area contributed by atoms with Crippen molar-refractivity contribution in [2.24, 2.45) is 10.9 Å². The number of guanidine groups is 1. The van der Waals surface area contributed by atoms with Gasteiger partial charge in [-0.25, -0.2) is 0 Å². The molecule has 1 aromatic carbocycles. The van der Waals surface area contributed by atoms with Crippen molar-refractivity contribution in [3.63, 3.8) is 0 Å². The summed E-state index contributed by atoms with van der Waals surface area (Å²) in [7, 11) is 7.31. The molecule has 1 aliphatic heterocycles. The second-order valence-electron chi connectivity index (χ2n) is 6.25. The Labute approximate surface area is 168 Å². The lowest BCUT2D eigenvalue weighted by Crippen LogP contribution is -2.43. The molecule has 0 radical (unpaired) electrons. The number of nitrogens with zero attached hydrogens (tertiary/aromatic N) is 2. The summed E-state index contributed by atoms with van der Waals surface area (Å²) in [5, 5.41) is 6.79. The maximum absolute atomic E-state index is 5.43. The van der Waals surface area contributed by atoms with E-state index in [4.69, 9.17) is 9.47 Å². The molecule has 0 spiro atoms. The number of aliphatic imine (C=N–C) groups is 1. The highest BCUT2D eigenvalue weighted by Crippen LogP contribution is 2.24. The van der Waals surface area contributed by atoms with Crippen LogP contribution in [0.5, 0.6) is 11.5 Å². The van der Waals surface area contributed by atoms with Crippen LogP contribution in [0, 0.1) is 5.92 Å². The van der Waals surface area contributed by atoms with E-state index in [1.54, 1.807) is 21.3 Å². The summed E-state index contributed by atoms with van der Waals surface area (Å²) < 4.78 is 10.7. The van der Waals surface area contributed by atoms with Gasteiger partial charge in [0.25, 0.3) is 0 Å². The zero-order valence-corrected chi connectivity index (χ0v) is 18.0. The number of rotatable bonds is 6. The highest BCUT2D eigenvalue weighted by molar-refractivity contribution is 14.0. The van der Waals surface area contributed by atoms with E-state index in [0.717, 1.165) is 36.1 Å². The van der Waals surface area contributed by atoms with Crippen molar-refractivity contribution in [1.82, 2.24) is 15.5 Å². The monoisotopic (exact) mass is 462 g/mol. The molecule has 1 aliphatic rings. The number of ether oxygens (including phenoxy) is 2. The van der Waals surface area contributed by atoms with E-state index >= 15 is 0 Å². The predicted molar refractivity (Wildman–Crippen MR) is 113 cm³/mol. The largest absolute Gasteiger partial charge is 0.497 e. The van der Waals surface area contributed by atoms with Gasteiger partial charge >= 0.3 is 0 Å². The van der Waals surface area contributed by atoms with Crippen molar-refractivity contribution in [2.75, 3.05) is 47.9 Å². The third-order valence-electron chi connectivity index (χ3n) is 4.44. The molecule has 7 heteroatoms. The summed E-state index contributed by atoms with van der Waals surface area (Å²) >= 11 is 0. The van der Waals surface area contributed by atoms with E-state index in [9.17, 15) is 0 Å². The highest BCUT2D eigenvalue weighted by Gasteiger charge is 2.17. The molecule has 0 amide bonds. The van der Waals surface area contributed by atoms with E-state index in [1.165, 1.54) is 19.4 Å². The summed E-state index contributed by atoms with van der Waals surface area (Å²) in [6.07, 6.45) is 2.55. The van der Waals surface area contributed by atoms with Gasteiger partial charge in [0.15, 0.2) is 5.96 Å². The number of nitrogens with one attached hydrogen (secondary N) is 2. The van der Waals surface area contributed by atoms with Crippen LogP contribution < -0.4 is 20.1 Å². The maximum atomic E-state index is 5.43. The summed E-state index contributed by atoms with van der Waals surface area (Å²) in [5.41, 5.74) is 1.07. The molecule has 1 atom stereocenters.